The second-order valence-electron chi connectivity index (χ2n) is 4.56. The van der Waals surface area contributed by atoms with Crippen molar-refractivity contribution in [3.8, 4) is 0 Å². The molecule has 0 heterocycles. The number of hydrogen-bond donors (Lipinski definition) is 1. The minimum Gasteiger partial charge on any atom is -0.268 e. The number of carbonyl (C=O) groups excluding carboxylic acids is 1. The molecular formula is C12H16BrNO2. The molecule has 1 amide bonds. The lowest BCUT2D eigenvalue weighted by Crippen LogP contribution is -2.33. The third kappa shape index (κ3) is 3.61. The number of carbonyl (C=O) groups is 1. The molecule has 0 unspecified atom stereocenters. The molecule has 0 spiro atoms. The van der Waals surface area contributed by atoms with Gasteiger partial charge in [-0.05, 0) is 45.4 Å². The van der Waals surface area contributed by atoms with Crippen molar-refractivity contribution >= 4 is 21.8 Å². The Labute approximate surface area is 104 Å². The van der Waals surface area contributed by atoms with Gasteiger partial charge in [0.05, 0.1) is 5.60 Å². The highest BCUT2D eigenvalue weighted by Crippen LogP contribution is 2.19. The van der Waals surface area contributed by atoms with Crippen molar-refractivity contribution in [2.24, 2.45) is 0 Å². The summed E-state index contributed by atoms with van der Waals surface area (Å²) in [6, 6.07) is 5.49. The molecule has 1 aromatic rings. The van der Waals surface area contributed by atoms with Gasteiger partial charge in [-0.25, -0.2) is 5.48 Å². The van der Waals surface area contributed by atoms with E-state index in [2.05, 4.69) is 21.4 Å². The van der Waals surface area contributed by atoms with Crippen molar-refractivity contribution in [3.05, 3.63) is 33.8 Å². The van der Waals surface area contributed by atoms with Gasteiger partial charge in [-0.1, -0.05) is 22.0 Å². The van der Waals surface area contributed by atoms with Crippen molar-refractivity contribution in [1.29, 1.82) is 0 Å². The minimum atomic E-state index is -0.393. The van der Waals surface area contributed by atoms with E-state index in [0.29, 0.717) is 5.56 Å². The number of rotatable bonds is 2. The number of amides is 1. The van der Waals surface area contributed by atoms with Crippen LogP contribution in [0.15, 0.2) is 22.7 Å². The molecule has 4 heteroatoms. The zero-order valence-corrected chi connectivity index (χ0v) is 11.5. The van der Waals surface area contributed by atoms with Crippen LogP contribution in [0.3, 0.4) is 0 Å². The average molecular weight is 286 g/mol. The molecular weight excluding hydrogens is 270 g/mol. The third-order valence-electron chi connectivity index (χ3n) is 1.96. The third-order valence-corrected chi connectivity index (χ3v) is 2.82. The molecule has 0 aliphatic heterocycles. The fraction of sp³-hybridized carbons (Fsp3) is 0.417. The summed E-state index contributed by atoms with van der Waals surface area (Å²) in [4.78, 5) is 17.0. The first-order chi connectivity index (χ1) is 7.31. The number of hydroxylamine groups is 1. The fourth-order valence-corrected chi connectivity index (χ4v) is 1.47. The van der Waals surface area contributed by atoms with E-state index in [4.69, 9.17) is 4.84 Å². The van der Waals surface area contributed by atoms with Crippen molar-refractivity contribution in [2.75, 3.05) is 0 Å². The van der Waals surface area contributed by atoms with Gasteiger partial charge < -0.3 is 0 Å². The van der Waals surface area contributed by atoms with Crippen LogP contribution in [0.1, 0.15) is 36.7 Å². The van der Waals surface area contributed by atoms with E-state index >= 15 is 0 Å². The lowest BCUT2D eigenvalue weighted by Gasteiger charge is -2.19. The summed E-state index contributed by atoms with van der Waals surface area (Å²) in [5.41, 5.74) is 3.56. The highest BCUT2D eigenvalue weighted by Gasteiger charge is 2.15. The summed E-state index contributed by atoms with van der Waals surface area (Å²) in [7, 11) is 0. The zero-order valence-electron chi connectivity index (χ0n) is 9.93. The first-order valence-electron chi connectivity index (χ1n) is 5.05. The second-order valence-corrected chi connectivity index (χ2v) is 5.41. The largest absolute Gasteiger partial charge is 0.275 e. The maximum Gasteiger partial charge on any atom is 0.275 e. The molecule has 0 saturated carbocycles. The van der Waals surface area contributed by atoms with Crippen LogP contribution >= 0.6 is 15.9 Å². The molecule has 0 saturated heterocycles. The molecule has 0 atom stereocenters. The number of benzene rings is 1. The molecule has 1 aromatic carbocycles. The lowest BCUT2D eigenvalue weighted by molar-refractivity contribution is -0.0590. The predicted molar refractivity (Wildman–Crippen MR) is 67.2 cm³/mol. The Kier molecular flexibility index (Phi) is 4.10. The standard InChI is InChI=1S/C12H16BrNO2/c1-8-9(6-5-7-10(8)13)11(15)14-16-12(2,3)4/h5-7H,1-4H3,(H,14,15). The molecule has 0 bridgehead atoms. The average Bonchev–Trinajstić information content (AvgIpc) is 2.17. The van der Waals surface area contributed by atoms with Crippen molar-refractivity contribution < 1.29 is 9.63 Å². The summed E-state index contributed by atoms with van der Waals surface area (Å²) < 4.78 is 0.913. The van der Waals surface area contributed by atoms with Crippen LogP contribution in [-0.4, -0.2) is 11.5 Å². The van der Waals surface area contributed by atoms with Gasteiger partial charge in [0.1, 0.15) is 0 Å². The normalized spacial score (nSPS) is 11.3. The molecule has 3 nitrogen and oxygen atoms in total. The summed E-state index contributed by atoms with van der Waals surface area (Å²) in [5.74, 6) is -0.228. The summed E-state index contributed by atoms with van der Waals surface area (Å²) in [6.45, 7) is 7.51. The van der Waals surface area contributed by atoms with Crippen molar-refractivity contribution in [1.82, 2.24) is 5.48 Å². The summed E-state index contributed by atoms with van der Waals surface area (Å²) in [5, 5.41) is 0. The summed E-state index contributed by atoms with van der Waals surface area (Å²) in [6.07, 6.45) is 0. The van der Waals surface area contributed by atoms with Crippen LogP contribution in [0.2, 0.25) is 0 Å². The summed E-state index contributed by atoms with van der Waals surface area (Å²) >= 11 is 3.38. The zero-order chi connectivity index (χ0) is 12.3. The van der Waals surface area contributed by atoms with Crippen LogP contribution in [-0.2, 0) is 4.84 Å². The van der Waals surface area contributed by atoms with Gasteiger partial charge in [0.15, 0.2) is 0 Å². The van der Waals surface area contributed by atoms with Gasteiger partial charge in [-0.15, -0.1) is 0 Å². The molecule has 0 fully saturated rings. The van der Waals surface area contributed by atoms with Crippen LogP contribution in [0.5, 0.6) is 0 Å². The Hall–Kier alpha value is -0.870. The van der Waals surface area contributed by atoms with Crippen molar-refractivity contribution in [2.45, 2.75) is 33.3 Å². The monoisotopic (exact) mass is 285 g/mol. The quantitative estimate of drug-likeness (QED) is 0.848. The van der Waals surface area contributed by atoms with E-state index in [1.165, 1.54) is 0 Å². The topological polar surface area (TPSA) is 38.3 Å². The van der Waals surface area contributed by atoms with Crippen LogP contribution in [0, 0.1) is 6.92 Å². The Balaban J connectivity index is 2.78. The van der Waals surface area contributed by atoms with E-state index in [1.807, 2.05) is 39.8 Å². The van der Waals surface area contributed by atoms with Crippen LogP contribution < -0.4 is 5.48 Å². The lowest BCUT2D eigenvalue weighted by atomic mass is 10.1. The Morgan fingerprint density at radius 3 is 2.56 bits per heavy atom. The predicted octanol–water partition coefficient (Wildman–Crippen LogP) is 3.22. The molecule has 0 aromatic heterocycles. The molecule has 88 valence electrons. The molecule has 1 rings (SSSR count). The maximum absolute atomic E-state index is 11.8. The highest BCUT2D eigenvalue weighted by molar-refractivity contribution is 9.10. The smallest absolute Gasteiger partial charge is 0.268 e. The fourth-order valence-electron chi connectivity index (χ4n) is 1.11. The minimum absolute atomic E-state index is 0.228. The molecule has 16 heavy (non-hydrogen) atoms. The van der Waals surface area contributed by atoms with E-state index < -0.39 is 5.60 Å². The first-order valence-corrected chi connectivity index (χ1v) is 5.84. The Morgan fingerprint density at radius 1 is 1.38 bits per heavy atom. The van der Waals surface area contributed by atoms with Crippen molar-refractivity contribution in [3.63, 3.8) is 0 Å². The van der Waals surface area contributed by atoms with Gasteiger partial charge in [0.25, 0.3) is 5.91 Å². The van der Waals surface area contributed by atoms with Gasteiger partial charge in [0.2, 0.25) is 0 Å². The van der Waals surface area contributed by atoms with Gasteiger partial charge >= 0.3 is 0 Å². The number of nitrogens with one attached hydrogen (secondary N) is 1. The SMILES string of the molecule is Cc1c(Br)cccc1C(=O)NOC(C)(C)C. The van der Waals surface area contributed by atoms with Gasteiger partial charge in [0, 0.05) is 10.0 Å². The van der Waals surface area contributed by atoms with E-state index in [9.17, 15) is 4.79 Å². The van der Waals surface area contributed by atoms with Crippen LogP contribution in [0.4, 0.5) is 0 Å². The molecule has 1 N–H and O–H groups in total. The van der Waals surface area contributed by atoms with E-state index in [-0.39, 0.29) is 5.91 Å². The van der Waals surface area contributed by atoms with Gasteiger partial charge in [-0.3, -0.25) is 9.63 Å². The second kappa shape index (κ2) is 4.97. The molecule has 0 radical (unpaired) electrons. The number of hydrogen-bond acceptors (Lipinski definition) is 2. The van der Waals surface area contributed by atoms with E-state index in [0.717, 1.165) is 10.0 Å². The highest BCUT2D eigenvalue weighted by atomic mass is 79.9. The first kappa shape index (κ1) is 13.2. The van der Waals surface area contributed by atoms with E-state index in [1.54, 1.807) is 6.07 Å². The van der Waals surface area contributed by atoms with Gasteiger partial charge in [-0.2, -0.15) is 0 Å². The van der Waals surface area contributed by atoms with Crippen LogP contribution in [0.25, 0.3) is 0 Å². The Bertz CT molecular complexity index is 396. The maximum atomic E-state index is 11.8. The number of halogens is 1. The molecule has 0 aliphatic carbocycles. The molecule has 0 aliphatic rings. The Morgan fingerprint density at radius 2 is 2.00 bits per heavy atom.